The Balaban J connectivity index is 1.38. The van der Waals surface area contributed by atoms with E-state index in [4.69, 9.17) is 11.6 Å². The van der Waals surface area contributed by atoms with Gasteiger partial charge in [-0.25, -0.2) is 9.97 Å². The Morgan fingerprint density at radius 2 is 1.89 bits per heavy atom. The van der Waals surface area contributed by atoms with Crippen molar-refractivity contribution in [2.45, 2.75) is 19.3 Å². The van der Waals surface area contributed by atoms with Crippen LogP contribution in [0.1, 0.15) is 28.0 Å². The molecule has 28 heavy (non-hydrogen) atoms. The number of anilines is 2. The summed E-state index contributed by atoms with van der Waals surface area (Å²) in [5.74, 6) is 0.553. The van der Waals surface area contributed by atoms with Gasteiger partial charge in [0.2, 0.25) is 0 Å². The molecule has 0 radical (unpaired) electrons. The van der Waals surface area contributed by atoms with Crippen LogP contribution in [0.2, 0.25) is 5.02 Å². The van der Waals surface area contributed by atoms with Gasteiger partial charge in [-0.2, -0.15) is 0 Å². The Morgan fingerprint density at radius 3 is 2.68 bits per heavy atom. The van der Waals surface area contributed by atoms with Crippen LogP contribution in [0.4, 0.5) is 11.5 Å². The second kappa shape index (κ2) is 8.40. The first-order valence-electron chi connectivity index (χ1n) is 9.41. The summed E-state index contributed by atoms with van der Waals surface area (Å²) < 4.78 is 0. The number of hydrogen-bond acceptors (Lipinski definition) is 4. The SMILES string of the molecule is O=C(c1cnc(NCCc2ccc(Cl)cc2)cn1)N1CCCc2ccccc21. The number of hydrogen-bond donors (Lipinski definition) is 1. The highest BCUT2D eigenvalue weighted by Gasteiger charge is 2.24. The summed E-state index contributed by atoms with van der Waals surface area (Å²) >= 11 is 5.90. The quantitative estimate of drug-likeness (QED) is 0.700. The molecule has 3 aromatic rings. The molecule has 1 aliphatic heterocycles. The lowest BCUT2D eigenvalue weighted by Crippen LogP contribution is -2.36. The molecule has 5 nitrogen and oxygen atoms in total. The topological polar surface area (TPSA) is 58.1 Å². The summed E-state index contributed by atoms with van der Waals surface area (Å²) in [7, 11) is 0. The highest BCUT2D eigenvalue weighted by atomic mass is 35.5. The fourth-order valence-electron chi connectivity index (χ4n) is 3.40. The molecule has 1 aromatic heterocycles. The molecular weight excluding hydrogens is 372 g/mol. The zero-order valence-corrected chi connectivity index (χ0v) is 16.2. The summed E-state index contributed by atoms with van der Waals surface area (Å²) in [6.07, 6.45) is 5.97. The minimum Gasteiger partial charge on any atom is -0.368 e. The molecule has 142 valence electrons. The maximum absolute atomic E-state index is 12.9. The van der Waals surface area contributed by atoms with Crippen molar-refractivity contribution in [1.82, 2.24) is 9.97 Å². The Morgan fingerprint density at radius 1 is 1.07 bits per heavy atom. The van der Waals surface area contributed by atoms with E-state index in [0.717, 1.165) is 36.5 Å². The maximum Gasteiger partial charge on any atom is 0.278 e. The van der Waals surface area contributed by atoms with E-state index in [9.17, 15) is 4.79 Å². The Bertz CT molecular complexity index is 957. The van der Waals surface area contributed by atoms with Gasteiger partial charge in [-0.15, -0.1) is 0 Å². The summed E-state index contributed by atoms with van der Waals surface area (Å²) in [5, 5.41) is 3.97. The van der Waals surface area contributed by atoms with Crippen molar-refractivity contribution in [3.8, 4) is 0 Å². The van der Waals surface area contributed by atoms with Gasteiger partial charge in [-0.3, -0.25) is 4.79 Å². The van der Waals surface area contributed by atoms with Gasteiger partial charge >= 0.3 is 0 Å². The largest absolute Gasteiger partial charge is 0.368 e. The number of nitrogens with one attached hydrogen (secondary N) is 1. The molecule has 4 rings (SSSR count). The number of aromatic nitrogens is 2. The standard InChI is InChI=1S/C22H21ClN4O/c23-18-9-7-16(8-10-18)11-12-24-21-15-25-19(14-26-21)22(28)27-13-3-5-17-4-1-2-6-20(17)27/h1-2,4,6-10,14-15H,3,5,11-13H2,(H,24,26). The average molecular weight is 393 g/mol. The summed E-state index contributed by atoms with van der Waals surface area (Å²) in [4.78, 5) is 23.4. The van der Waals surface area contributed by atoms with Crippen LogP contribution < -0.4 is 10.2 Å². The van der Waals surface area contributed by atoms with Crippen LogP contribution in [-0.2, 0) is 12.8 Å². The number of amides is 1. The predicted octanol–water partition coefficient (Wildman–Crippen LogP) is 4.38. The molecule has 0 aliphatic carbocycles. The molecule has 2 heterocycles. The molecule has 0 fully saturated rings. The van der Waals surface area contributed by atoms with Gasteiger partial charge in [0, 0.05) is 23.8 Å². The first-order chi connectivity index (χ1) is 13.7. The number of nitrogens with zero attached hydrogens (tertiary/aromatic N) is 3. The van der Waals surface area contributed by atoms with E-state index in [-0.39, 0.29) is 5.91 Å². The van der Waals surface area contributed by atoms with Gasteiger partial charge in [0.1, 0.15) is 11.5 Å². The molecule has 0 saturated carbocycles. The third-order valence-electron chi connectivity index (χ3n) is 4.86. The number of carbonyl (C=O) groups excluding carboxylic acids is 1. The molecule has 2 aromatic carbocycles. The Labute approximate surface area is 169 Å². The molecule has 1 N–H and O–H groups in total. The van der Waals surface area contributed by atoms with Crippen molar-refractivity contribution in [2.24, 2.45) is 0 Å². The molecule has 0 saturated heterocycles. The molecule has 1 amide bonds. The second-order valence-corrected chi connectivity index (χ2v) is 7.22. The smallest absolute Gasteiger partial charge is 0.278 e. The monoisotopic (exact) mass is 392 g/mol. The van der Waals surface area contributed by atoms with Gasteiger partial charge in [-0.1, -0.05) is 41.9 Å². The molecular formula is C22H21ClN4O. The van der Waals surface area contributed by atoms with Crippen molar-refractivity contribution in [3.63, 3.8) is 0 Å². The second-order valence-electron chi connectivity index (χ2n) is 6.78. The molecule has 0 atom stereocenters. The molecule has 1 aliphatic rings. The van der Waals surface area contributed by atoms with Crippen molar-refractivity contribution >= 4 is 29.0 Å². The van der Waals surface area contributed by atoms with Crippen molar-refractivity contribution in [3.05, 3.63) is 82.8 Å². The number of carbonyl (C=O) groups is 1. The van der Waals surface area contributed by atoms with Gasteiger partial charge in [0.15, 0.2) is 0 Å². The van der Waals surface area contributed by atoms with Crippen molar-refractivity contribution in [1.29, 1.82) is 0 Å². The number of rotatable bonds is 5. The van der Waals surface area contributed by atoms with Crippen LogP contribution in [-0.4, -0.2) is 29.0 Å². The predicted molar refractivity (Wildman–Crippen MR) is 112 cm³/mol. The number of benzene rings is 2. The molecule has 6 heteroatoms. The molecule has 0 bridgehead atoms. The van der Waals surface area contributed by atoms with E-state index in [2.05, 4.69) is 21.4 Å². The first kappa shape index (κ1) is 18.4. The van der Waals surface area contributed by atoms with Crippen LogP contribution in [0.3, 0.4) is 0 Å². The van der Waals surface area contributed by atoms with E-state index in [1.54, 1.807) is 17.3 Å². The van der Waals surface area contributed by atoms with E-state index in [1.807, 2.05) is 42.5 Å². The normalized spacial score (nSPS) is 13.1. The lowest BCUT2D eigenvalue weighted by molar-refractivity contribution is 0.0980. The molecule has 0 unspecified atom stereocenters. The van der Waals surface area contributed by atoms with Gasteiger partial charge in [-0.05, 0) is 48.6 Å². The van der Waals surface area contributed by atoms with Crippen molar-refractivity contribution < 1.29 is 4.79 Å². The minimum absolute atomic E-state index is 0.104. The summed E-state index contributed by atoms with van der Waals surface area (Å²) in [6, 6.07) is 15.8. The van der Waals surface area contributed by atoms with Crippen LogP contribution in [0.15, 0.2) is 60.9 Å². The minimum atomic E-state index is -0.104. The van der Waals surface area contributed by atoms with Crippen LogP contribution in [0, 0.1) is 0 Å². The van der Waals surface area contributed by atoms with Gasteiger partial charge < -0.3 is 10.2 Å². The van der Waals surface area contributed by atoms with Crippen LogP contribution >= 0.6 is 11.6 Å². The van der Waals surface area contributed by atoms with Crippen LogP contribution in [0.25, 0.3) is 0 Å². The summed E-state index contributed by atoms with van der Waals surface area (Å²) in [6.45, 7) is 1.43. The number of fused-ring (bicyclic) bond motifs is 1. The maximum atomic E-state index is 12.9. The first-order valence-corrected chi connectivity index (χ1v) is 9.78. The Kier molecular flexibility index (Phi) is 5.53. The number of halogens is 1. The van der Waals surface area contributed by atoms with Crippen LogP contribution in [0.5, 0.6) is 0 Å². The zero-order valence-electron chi connectivity index (χ0n) is 15.4. The van der Waals surface area contributed by atoms with E-state index in [1.165, 1.54) is 11.1 Å². The van der Waals surface area contributed by atoms with Gasteiger partial charge in [0.25, 0.3) is 5.91 Å². The highest BCUT2D eigenvalue weighted by Crippen LogP contribution is 2.27. The number of para-hydroxylation sites is 1. The van der Waals surface area contributed by atoms with E-state index >= 15 is 0 Å². The van der Waals surface area contributed by atoms with E-state index in [0.29, 0.717) is 18.1 Å². The third kappa shape index (κ3) is 4.15. The lowest BCUT2D eigenvalue weighted by Gasteiger charge is -2.29. The summed E-state index contributed by atoms with van der Waals surface area (Å²) in [5.41, 5.74) is 3.74. The fraction of sp³-hybridized carbons (Fsp3) is 0.227. The third-order valence-corrected chi connectivity index (χ3v) is 5.11. The van der Waals surface area contributed by atoms with E-state index < -0.39 is 0 Å². The van der Waals surface area contributed by atoms with Crippen molar-refractivity contribution in [2.75, 3.05) is 23.3 Å². The molecule has 0 spiro atoms. The van der Waals surface area contributed by atoms with Gasteiger partial charge in [0.05, 0.1) is 12.4 Å². The Hall–Kier alpha value is -2.92. The lowest BCUT2D eigenvalue weighted by atomic mass is 10.0. The average Bonchev–Trinajstić information content (AvgIpc) is 2.75. The highest BCUT2D eigenvalue weighted by molar-refractivity contribution is 6.30. The zero-order chi connectivity index (χ0) is 19.3. The fourth-order valence-corrected chi connectivity index (χ4v) is 3.52. The number of aryl methyl sites for hydroxylation is 1.